The van der Waals surface area contributed by atoms with Crippen LogP contribution in [-0.4, -0.2) is 16.2 Å². The summed E-state index contributed by atoms with van der Waals surface area (Å²) in [5.41, 5.74) is 6.50. The van der Waals surface area contributed by atoms with E-state index in [1.165, 1.54) is 11.1 Å². The molecule has 4 nitrogen and oxygen atoms in total. The highest BCUT2D eigenvalue weighted by Gasteiger charge is 2.06. The van der Waals surface area contributed by atoms with E-state index in [0.717, 1.165) is 28.6 Å². The van der Waals surface area contributed by atoms with Crippen molar-refractivity contribution in [2.45, 2.75) is 20.3 Å². The molecule has 2 heterocycles. The van der Waals surface area contributed by atoms with Crippen LogP contribution >= 0.6 is 0 Å². The second-order valence-corrected chi connectivity index (χ2v) is 6.28. The summed E-state index contributed by atoms with van der Waals surface area (Å²) >= 11 is 0. The Hall–Kier alpha value is -3.40. The minimum Gasteiger partial charge on any atom is -0.347 e. The number of rotatable bonds is 4. The third-order valence-corrected chi connectivity index (χ3v) is 4.34. The summed E-state index contributed by atoms with van der Waals surface area (Å²) in [5, 5.41) is 3.17. The molecule has 1 aliphatic heterocycles. The van der Waals surface area contributed by atoms with Crippen LogP contribution in [0.4, 0.5) is 0 Å². The van der Waals surface area contributed by atoms with Crippen LogP contribution < -0.4 is 5.32 Å². The number of benzene rings is 1. The summed E-state index contributed by atoms with van der Waals surface area (Å²) in [5.74, 6) is 0.611. The van der Waals surface area contributed by atoms with E-state index in [4.69, 9.17) is 0 Å². The topological polar surface area (TPSA) is 53.1 Å². The SMILES string of the molecule is C=C1/N=C\C(c2ccc3nc[nH]c3c2)=C/CC(/C(C)=C/C=C\C=C\C)=C\N1. The number of hydrogen-bond acceptors (Lipinski definition) is 3. The van der Waals surface area contributed by atoms with Crippen LogP contribution in [0.25, 0.3) is 16.6 Å². The number of hydrogen-bond donors (Lipinski definition) is 2. The largest absolute Gasteiger partial charge is 0.347 e. The first kappa shape index (κ1) is 18.4. The van der Waals surface area contributed by atoms with Gasteiger partial charge in [0.05, 0.1) is 17.4 Å². The molecule has 1 aromatic carbocycles. The van der Waals surface area contributed by atoms with Gasteiger partial charge in [0.1, 0.15) is 5.82 Å². The first-order chi connectivity index (χ1) is 13.2. The molecule has 27 heavy (non-hydrogen) atoms. The average molecular weight is 356 g/mol. The molecule has 136 valence electrons. The predicted octanol–water partition coefficient (Wildman–Crippen LogP) is 5.44. The molecule has 4 heteroatoms. The van der Waals surface area contributed by atoms with Crippen molar-refractivity contribution in [3.05, 3.63) is 96.3 Å². The summed E-state index contributed by atoms with van der Waals surface area (Å²) in [7, 11) is 0. The van der Waals surface area contributed by atoms with Gasteiger partial charge in [0.15, 0.2) is 0 Å². The molecule has 2 N–H and O–H groups in total. The summed E-state index contributed by atoms with van der Waals surface area (Å²) < 4.78 is 0. The Bertz CT molecular complexity index is 1010. The maximum absolute atomic E-state index is 4.44. The molecular weight excluding hydrogens is 332 g/mol. The predicted molar refractivity (Wildman–Crippen MR) is 115 cm³/mol. The van der Waals surface area contributed by atoms with Crippen molar-refractivity contribution in [2.75, 3.05) is 0 Å². The Morgan fingerprint density at radius 3 is 2.96 bits per heavy atom. The lowest BCUT2D eigenvalue weighted by molar-refractivity contribution is 1.01. The van der Waals surface area contributed by atoms with E-state index in [-0.39, 0.29) is 0 Å². The van der Waals surface area contributed by atoms with Gasteiger partial charge in [-0.25, -0.2) is 9.98 Å². The quantitative estimate of drug-likeness (QED) is 0.716. The van der Waals surface area contributed by atoms with Gasteiger partial charge in [-0.3, -0.25) is 0 Å². The number of nitrogens with one attached hydrogen (secondary N) is 2. The lowest BCUT2D eigenvalue weighted by Gasteiger charge is -2.07. The van der Waals surface area contributed by atoms with Crippen molar-refractivity contribution in [1.82, 2.24) is 15.3 Å². The number of H-pyrrole nitrogens is 1. The average Bonchev–Trinajstić information content (AvgIpc) is 3.17. The molecule has 0 radical (unpaired) electrons. The van der Waals surface area contributed by atoms with E-state index in [1.807, 2.05) is 49.7 Å². The monoisotopic (exact) mass is 356 g/mol. The number of nitrogens with zero attached hydrogens (tertiary/aromatic N) is 2. The molecule has 1 aliphatic rings. The lowest BCUT2D eigenvalue weighted by Crippen LogP contribution is -2.03. The van der Waals surface area contributed by atoms with Crippen LogP contribution in [0, 0.1) is 0 Å². The van der Waals surface area contributed by atoms with Crippen LogP contribution in [0.3, 0.4) is 0 Å². The van der Waals surface area contributed by atoms with Crippen molar-refractivity contribution in [2.24, 2.45) is 4.99 Å². The summed E-state index contributed by atoms with van der Waals surface area (Å²) in [6.45, 7) is 8.08. The van der Waals surface area contributed by atoms with Gasteiger partial charge in [0.25, 0.3) is 0 Å². The fourth-order valence-electron chi connectivity index (χ4n) is 2.75. The number of fused-ring (bicyclic) bond motifs is 1. The Morgan fingerprint density at radius 1 is 1.22 bits per heavy atom. The standard InChI is InChI=1S/C23H24N4/c1-4-5-6-7-8-17(2)20-9-10-21(15-25-18(3)24-14-20)19-11-12-22-23(13-19)27-16-26-22/h4-8,10-16,24H,3,9H2,1-2H3,(H,26,27)/b5-4+,7-6-,17-8+,20-14+,21-10+,25-15-. The molecule has 0 amide bonds. The van der Waals surface area contributed by atoms with E-state index in [9.17, 15) is 0 Å². The van der Waals surface area contributed by atoms with Gasteiger partial charge in [0, 0.05) is 12.4 Å². The smallest absolute Gasteiger partial charge is 0.122 e. The van der Waals surface area contributed by atoms with E-state index < -0.39 is 0 Å². The minimum absolute atomic E-state index is 0.611. The van der Waals surface area contributed by atoms with Gasteiger partial charge in [-0.05, 0) is 54.7 Å². The fraction of sp³-hybridized carbons (Fsp3) is 0.130. The van der Waals surface area contributed by atoms with Gasteiger partial charge in [-0.1, -0.05) is 49.1 Å². The van der Waals surface area contributed by atoms with Crippen LogP contribution in [0.1, 0.15) is 25.8 Å². The zero-order chi connectivity index (χ0) is 19.1. The second kappa shape index (κ2) is 8.81. The van der Waals surface area contributed by atoms with Gasteiger partial charge < -0.3 is 10.3 Å². The molecule has 0 saturated carbocycles. The Kier molecular flexibility index (Phi) is 6.00. The molecule has 1 aromatic heterocycles. The van der Waals surface area contributed by atoms with Crippen LogP contribution in [0.5, 0.6) is 0 Å². The summed E-state index contributed by atoms with van der Waals surface area (Å²) in [4.78, 5) is 11.9. The van der Waals surface area contributed by atoms with Crippen molar-refractivity contribution < 1.29 is 0 Å². The number of imidazole rings is 1. The summed E-state index contributed by atoms with van der Waals surface area (Å²) in [6, 6.07) is 6.19. The Labute approximate surface area is 160 Å². The molecule has 0 unspecified atom stereocenters. The molecular formula is C23H24N4. The maximum atomic E-state index is 4.44. The molecule has 2 aromatic rings. The van der Waals surface area contributed by atoms with Gasteiger partial charge in [0.2, 0.25) is 0 Å². The van der Waals surface area contributed by atoms with E-state index >= 15 is 0 Å². The molecule has 0 bridgehead atoms. The molecule has 0 spiro atoms. The minimum atomic E-state index is 0.611. The van der Waals surface area contributed by atoms with Crippen molar-refractivity contribution in [3.8, 4) is 0 Å². The number of aromatic amines is 1. The zero-order valence-corrected chi connectivity index (χ0v) is 15.7. The van der Waals surface area contributed by atoms with Crippen LogP contribution in [0.2, 0.25) is 0 Å². The van der Waals surface area contributed by atoms with Gasteiger partial charge >= 0.3 is 0 Å². The lowest BCUT2D eigenvalue weighted by atomic mass is 10.00. The highest BCUT2D eigenvalue weighted by molar-refractivity contribution is 6.11. The van der Waals surface area contributed by atoms with Crippen LogP contribution in [0.15, 0.2) is 95.7 Å². The molecule has 0 fully saturated rings. The highest BCUT2D eigenvalue weighted by atomic mass is 15.0. The van der Waals surface area contributed by atoms with Crippen molar-refractivity contribution in [3.63, 3.8) is 0 Å². The van der Waals surface area contributed by atoms with E-state index in [2.05, 4.69) is 58.1 Å². The molecule has 3 rings (SSSR count). The Morgan fingerprint density at radius 2 is 2.11 bits per heavy atom. The van der Waals surface area contributed by atoms with Crippen molar-refractivity contribution in [1.29, 1.82) is 0 Å². The van der Waals surface area contributed by atoms with Crippen molar-refractivity contribution >= 4 is 22.8 Å². The third kappa shape index (κ3) is 4.82. The normalized spacial score (nSPS) is 21.3. The number of aliphatic imine (C=N–C) groups is 1. The zero-order valence-electron chi connectivity index (χ0n) is 15.7. The van der Waals surface area contributed by atoms with Gasteiger partial charge in [-0.2, -0.15) is 0 Å². The third-order valence-electron chi connectivity index (χ3n) is 4.34. The van der Waals surface area contributed by atoms with Gasteiger partial charge in [-0.15, -0.1) is 0 Å². The number of aromatic nitrogens is 2. The molecule has 0 aliphatic carbocycles. The second-order valence-electron chi connectivity index (χ2n) is 6.28. The Balaban J connectivity index is 1.91. The maximum Gasteiger partial charge on any atom is 0.122 e. The fourth-order valence-corrected chi connectivity index (χ4v) is 2.75. The molecule has 0 atom stereocenters. The van der Waals surface area contributed by atoms with E-state index in [0.29, 0.717) is 5.82 Å². The number of allylic oxidation sites excluding steroid dienone is 9. The first-order valence-corrected chi connectivity index (χ1v) is 8.96. The van der Waals surface area contributed by atoms with E-state index in [1.54, 1.807) is 6.33 Å². The highest BCUT2D eigenvalue weighted by Crippen LogP contribution is 2.22. The first-order valence-electron chi connectivity index (χ1n) is 8.96. The van der Waals surface area contributed by atoms with Crippen LogP contribution in [-0.2, 0) is 0 Å². The summed E-state index contributed by atoms with van der Waals surface area (Å²) in [6.07, 6.45) is 18.7. The molecule has 0 saturated heterocycles.